The normalized spacial score (nSPS) is 34.2. The first-order valence-corrected chi connectivity index (χ1v) is 10.0. The lowest BCUT2D eigenvalue weighted by Crippen LogP contribution is -2.52. The van der Waals surface area contributed by atoms with Crippen molar-refractivity contribution in [3.63, 3.8) is 0 Å². The Labute approximate surface area is 158 Å². The minimum atomic E-state index is -2.82. The zero-order valence-electron chi connectivity index (χ0n) is 15.5. The van der Waals surface area contributed by atoms with Crippen molar-refractivity contribution < 1.29 is 18.7 Å². The average molecular weight is 378 g/mol. The predicted molar refractivity (Wildman–Crippen MR) is 98.2 cm³/mol. The first kappa shape index (κ1) is 18.8. The van der Waals surface area contributed by atoms with Crippen molar-refractivity contribution in [3.8, 4) is 0 Å². The highest BCUT2D eigenvalue weighted by molar-refractivity contribution is 5.86. The molecule has 3 fully saturated rings. The van der Waals surface area contributed by atoms with E-state index in [1.54, 1.807) is 30.3 Å². The molecule has 1 saturated heterocycles. The molecule has 1 aromatic carbocycles. The van der Waals surface area contributed by atoms with Crippen LogP contribution in [0, 0.1) is 23.7 Å². The third kappa shape index (κ3) is 3.49. The number of carbonyl (C=O) groups is 1. The summed E-state index contributed by atoms with van der Waals surface area (Å²) in [7, 11) is 0. The highest BCUT2D eigenvalue weighted by Crippen LogP contribution is 2.47. The van der Waals surface area contributed by atoms with Crippen LogP contribution in [0.4, 0.5) is 8.78 Å². The number of benzene rings is 1. The molecule has 1 heterocycles. The van der Waals surface area contributed by atoms with Gasteiger partial charge in [0.15, 0.2) is 5.60 Å². The second kappa shape index (κ2) is 7.13. The summed E-state index contributed by atoms with van der Waals surface area (Å²) in [5.41, 5.74) is -1.51. The van der Waals surface area contributed by atoms with Gasteiger partial charge in [-0.15, -0.1) is 0 Å². The van der Waals surface area contributed by atoms with Crippen LogP contribution in [0.3, 0.4) is 0 Å². The third-order valence-corrected chi connectivity index (χ3v) is 6.99. The van der Waals surface area contributed by atoms with Crippen molar-refractivity contribution >= 4 is 5.91 Å². The summed E-state index contributed by atoms with van der Waals surface area (Å²) in [4.78, 5) is 13.1. The monoisotopic (exact) mass is 378 g/mol. The van der Waals surface area contributed by atoms with Gasteiger partial charge in [-0.1, -0.05) is 30.3 Å². The average Bonchev–Trinajstić information content (AvgIpc) is 3.14. The molecule has 1 amide bonds. The van der Waals surface area contributed by atoms with Crippen LogP contribution in [0.1, 0.15) is 37.7 Å². The molecular formula is C21H28F2N2O2. The summed E-state index contributed by atoms with van der Waals surface area (Å²) < 4.78 is 27.7. The number of carbonyl (C=O) groups excluding carboxylic acids is 1. The topological polar surface area (TPSA) is 61.4 Å². The van der Waals surface area contributed by atoms with Crippen LogP contribution >= 0.6 is 0 Å². The van der Waals surface area contributed by atoms with Gasteiger partial charge in [-0.3, -0.25) is 4.79 Å². The van der Waals surface area contributed by atoms with Crippen LogP contribution in [0.15, 0.2) is 30.3 Å². The third-order valence-electron chi connectivity index (χ3n) is 6.99. The standard InChI is InChI=1S/C21H28F2N2O2/c22-20(23)9-8-17(10-20)21(27,16-4-2-1-3-5-16)19(26)25-13-18-14-6-7-15(18)12-24-11-14/h1-5,14-15,17-18,24,27H,6-13H2,(H,25,26)/t14?,15?,17-,18?,21-/m0/s1. The molecule has 1 aromatic rings. The van der Waals surface area contributed by atoms with E-state index in [-0.39, 0.29) is 12.8 Å². The molecule has 2 saturated carbocycles. The Hall–Kier alpha value is -1.53. The molecule has 6 heteroatoms. The number of hydrogen-bond acceptors (Lipinski definition) is 3. The number of fused-ring (bicyclic) bond motifs is 2. The molecule has 4 nitrogen and oxygen atoms in total. The summed E-state index contributed by atoms with van der Waals surface area (Å²) in [6.07, 6.45) is 1.74. The number of alkyl halides is 2. The summed E-state index contributed by atoms with van der Waals surface area (Å²) in [5.74, 6) is -2.63. The van der Waals surface area contributed by atoms with Gasteiger partial charge in [0, 0.05) is 25.3 Å². The van der Waals surface area contributed by atoms with Crippen LogP contribution in [0.25, 0.3) is 0 Å². The van der Waals surface area contributed by atoms with Crippen LogP contribution in [0.2, 0.25) is 0 Å². The van der Waals surface area contributed by atoms with Crippen LogP contribution in [-0.4, -0.2) is 36.6 Å². The van der Waals surface area contributed by atoms with Gasteiger partial charge in [0.25, 0.3) is 5.91 Å². The molecule has 3 aliphatic rings. The summed E-state index contributed by atoms with van der Waals surface area (Å²) >= 11 is 0. The fraction of sp³-hybridized carbons (Fsp3) is 0.667. The molecular weight excluding hydrogens is 350 g/mol. The molecule has 148 valence electrons. The van der Waals surface area contributed by atoms with E-state index in [9.17, 15) is 18.7 Å². The summed E-state index contributed by atoms with van der Waals surface area (Å²) in [6, 6.07) is 8.56. The van der Waals surface area contributed by atoms with Gasteiger partial charge in [0.05, 0.1) is 0 Å². The van der Waals surface area contributed by atoms with E-state index in [2.05, 4.69) is 10.6 Å². The van der Waals surface area contributed by atoms with E-state index in [0.717, 1.165) is 25.9 Å². The predicted octanol–water partition coefficient (Wildman–Crippen LogP) is 2.67. The number of rotatable bonds is 5. The number of hydrogen-bond donors (Lipinski definition) is 3. The van der Waals surface area contributed by atoms with Gasteiger partial charge < -0.3 is 15.7 Å². The van der Waals surface area contributed by atoms with Crippen molar-refractivity contribution in [1.29, 1.82) is 0 Å². The number of aliphatic hydroxyl groups is 1. The Bertz CT molecular complexity index is 668. The number of halogens is 2. The van der Waals surface area contributed by atoms with Gasteiger partial charge >= 0.3 is 0 Å². The molecule has 2 aliphatic carbocycles. The van der Waals surface area contributed by atoms with E-state index in [1.165, 1.54) is 0 Å². The van der Waals surface area contributed by atoms with E-state index in [1.807, 2.05) is 0 Å². The van der Waals surface area contributed by atoms with E-state index in [4.69, 9.17) is 0 Å². The quantitative estimate of drug-likeness (QED) is 0.738. The molecule has 4 rings (SSSR count). The van der Waals surface area contributed by atoms with E-state index >= 15 is 0 Å². The van der Waals surface area contributed by atoms with Crippen LogP contribution in [0.5, 0.6) is 0 Å². The Morgan fingerprint density at radius 1 is 1.19 bits per heavy atom. The largest absolute Gasteiger partial charge is 0.375 e. The highest BCUT2D eigenvalue weighted by atomic mass is 19.3. The minimum absolute atomic E-state index is 0.143. The molecule has 1 aliphatic heterocycles. The molecule has 0 aromatic heterocycles. The first-order valence-electron chi connectivity index (χ1n) is 10.0. The lowest BCUT2D eigenvalue weighted by molar-refractivity contribution is -0.149. The summed E-state index contributed by atoms with van der Waals surface area (Å²) in [6.45, 7) is 2.44. The SMILES string of the molecule is O=C(NCC1C2CCC1CNC2)[C@](O)(c1ccccc1)[C@H]1CCC(F)(F)C1. The van der Waals surface area contributed by atoms with Crippen molar-refractivity contribution in [2.24, 2.45) is 23.7 Å². The Morgan fingerprint density at radius 3 is 2.44 bits per heavy atom. The zero-order chi connectivity index (χ0) is 19.1. The molecule has 4 atom stereocenters. The smallest absolute Gasteiger partial charge is 0.256 e. The maximum Gasteiger partial charge on any atom is 0.256 e. The highest BCUT2D eigenvalue weighted by Gasteiger charge is 2.53. The van der Waals surface area contributed by atoms with Crippen molar-refractivity contribution in [2.75, 3.05) is 19.6 Å². The number of nitrogens with one attached hydrogen (secondary N) is 2. The minimum Gasteiger partial charge on any atom is -0.375 e. The second-order valence-electron chi connectivity index (χ2n) is 8.56. The lowest BCUT2D eigenvalue weighted by atomic mass is 9.78. The van der Waals surface area contributed by atoms with E-state index in [0.29, 0.717) is 29.9 Å². The van der Waals surface area contributed by atoms with Gasteiger partial charge in [-0.25, -0.2) is 8.78 Å². The molecule has 2 unspecified atom stereocenters. The lowest BCUT2D eigenvalue weighted by Gasteiger charge is -2.35. The number of amides is 1. The van der Waals surface area contributed by atoms with Crippen molar-refractivity contribution in [3.05, 3.63) is 35.9 Å². The maximum absolute atomic E-state index is 13.8. The zero-order valence-corrected chi connectivity index (χ0v) is 15.5. The first-order chi connectivity index (χ1) is 12.9. The van der Waals surface area contributed by atoms with Crippen LogP contribution < -0.4 is 10.6 Å². The molecule has 0 radical (unpaired) electrons. The van der Waals surface area contributed by atoms with Gasteiger partial charge in [-0.2, -0.15) is 0 Å². The Morgan fingerprint density at radius 2 is 1.85 bits per heavy atom. The second-order valence-corrected chi connectivity index (χ2v) is 8.56. The number of piperidine rings is 1. The fourth-order valence-corrected chi connectivity index (χ4v) is 5.43. The van der Waals surface area contributed by atoms with Gasteiger partial charge in [0.2, 0.25) is 5.92 Å². The van der Waals surface area contributed by atoms with E-state index < -0.39 is 29.8 Å². The van der Waals surface area contributed by atoms with Gasteiger partial charge in [-0.05, 0) is 55.7 Å². The Balaban J connectivity index is 1.53. The van der Waals surface area contributed by atoms with Crippen molar-refractivity contribution in [1.82, 2.24) is 10.6 Å². The summed E-state index contributed by atoms with van der Waals surface area (Å²) in [5, 5.41) is 17.8. The molecule has 27 heavy (non-hydrogen) atoms. The maximum atomic E-state index is 13.8. The fourth-order valence-electron chi connectivity index (χ4n) is 5.43. The van der Waals surface area contributed by atoms with Crippen LogP contribution in [-0.2, 0) is 10.4 Å². The molecule has 3 N–H and O–H groups in total. The molecule has 2 bridgehead atoms. The van der Waals surface area contributed by atoms with Crippen molar-refractivity contribution in [2.45, 2.75) is 43.6 Å². The Kier molecular flexibility index (Phi) is 4.97. The van der Waals surface area contributed by atoms with Gasteiger partial charge in [0.1, 0.15) is 0 Å². The molecule has 0 spiro atoms.